The third kappa shape index (κ3) is 4.00. The van der Waals surface area contributed by atoms with Crippen LogP contribution < -0.4 is 10.5 Å². The van der Waals surface area contributed by atoms with Crippen molar-refractivity contribution >= 4 is 0 Å². The summed E-state index contributed by atoms with van der Waals surface area (Å²) in [5.74, 6) is 0.806. The van der Waals surface area contributed by atoms with Gasteiger partial charge >= 0.3 is 0 Å². The maximum atomic E-state index is 13.2. The molecule has 0 aliphatic carbocycles. The van der Waals surface area contributed by atoms with Crippen molar-refractivity contribution in [1.29, 1.82) is 0 Å². The summed E-state index contributed by atoms with van der Waals surface area (Å²) in [6, 6.07) is 4.39. The first-order valence-electron chi connectivity index (χ1n) is 6.26. The first kappa shape index (κ1) is 14.0. The highest BCUT2D eigenvalue weighted by Crippen LogP contribution is 2.25. The minimum absolute atomic E-state index is 0.146. The molecule has 3 heteroatoms. The molecule has 2 N–H and O–H groups in total. The van der Waals surface area contributed by atoms with Crippen LogP contribution in [-0.2, 0) is 0 Å². The van der Waals surface area contributed by atoms with Gasteiger partial charge in [-0.3, -0.25) is 0 Å². The fourth-order valence-electron chi connectivity index (χ4n) is 1.74. The Kier molecular flexibility index (Phi) is 5.42. The molecule has 1 rings (SSSR count). The van der Waals surface area contributed by atoms with Gasteiger partial charge in [-0.25, -0.2) is 4.39 Å². The van der Waals surface area contributed by atoms with Gasteiger partial charge in [0.15, 0.2) is 0 Å². The summed E-state index contributed by atoms with van der Waals surface area (Å²) >= 11 is 0. The van der Waals surface area contributed by atoms with E-state index in [-0.39, 0.29) is 11.9 Å². The quantitative estimate of drug-likeness (QED) is 0.822. The van der Waals surface area contributed by atoms with Gasteiger partial charge in [-0.2, -0.15) is 0 Å². The first-order valence-corrected chi connectivity index (χ1v) is 6.26. The van der Waals surface area contributed by atoms with E-state index in [1.165, 1.54) is 12.1 Å². The highest BCUT2D eigenvalue weighted by Gasteiger charge is 2.11. The number of hydrogen-bond donors (Lipinski definition) is 1. The molecule has 0 aromatic heterocycles. The maximum Gasteiger partial charge on any atom is 0.126 e. The van der Waals surface area contributed by atoms with Gasteiger partial charge in [-0.1, -0.05) is 32.8 Å². The van der Waals surface area contributed by atoms with Crippen LogP contribution in [0, 0.1) is 11.7 Å². The van der Waals surface area contributed by atoms with Gasteiger partial charge in [0.05, 0.1) is 6.61 Å². The Morgan fingerprint density at radius 3 is 2.47 bits per heavy atom. The van der Waals surface area contributed by atoms with Crippen molar-refractivity contribution in [3.8, 4) is 5.75 Å². The number of benzene rings is 1. The predicted octanol–water partition coefficient (Wildman–Crippen LogP) is 3.66. The van der Waals surface area contributed by atoms with Gasteiger partial charge in [0.1, 0.15) is 11.6 Å². The van der Waals surface area contributed by atoms with Crippen LogP contribution in [-0.4, -0.2) is 6.61 Å². The normalized spacial score (nSPS) is 12.8. The Morgan fingerprint density at radius 2 is 1.94 bits per heavy atom. The van der Waals surface area contributed by atoms with Gasteiger partial charge in [0, 0.05) is 17.7 Å². The predicted molar refractivity (Wildman–Crippen MR) is 68.6 cm³/mol. The van der Waals surface area contributed by atoms with Crippen molar-refractivity contribution in [3.05, 3.63) is 29.6 Å². The van der Waals surface area contributed by atoms with E-state index in [4.69, 9.17) is 10.5 Å². The molecular formula is C14H22FNO. The van der Waals surface area contributed by atoms with E-state index in [1.807, 2.05) is 6.92 Å². The van der Waals surface area contributed by atoms with Gasteiger partial charge in [-0.05, 0) is 18.9 Å². The molecule has 1 aromatic rings. The van der Waals surface area contributed by atoms with Crippen molar-refractivity contribution in [1.82, 2.24) is 0 Å². The Labute approximate surface area is 103 Å². The smallest absolute Gasteiger partial charge is 0.126 e. The second-order valence-corrected chi connectivity index (χ2v) is 4.46. The van der Waals surface area contributed by atoms with Crippen molar-refractivity contribution in [2.24, 2.45) is 11.7 Å². The van der Waals surface area contributed by atoms with Gasteiger partial charge in [0.25, 0.3) is 0 Å². The molecular weight excluding hydrogens is 217 g/mol. The molecule has 0 saturated heterocycles. The van der Waals surface area contributed by atoms with E-state index in [2.05, 4.69) is 13.8 Å². The summed E-state index contributed by atoms with van der Waals surface area (Å²) in [4.78, 5) is 0. The molecule has 0 aliphatic heterocycles. The zero-order chi connectivity index (χ0) is 12.8. The summed E-state index contributed by atoms with van der Waals surface area (Å²) in [6.45, 7) is 6.76. The molecule has 1 atom stereocenters. The molecule has 0 bridgehead atoms. The third-order valence-corrected chi connectivity index (χ3v) is 3.10. The second kappa shape index (κ2) is 6.60. The molecule has 0 unspecified atom stereocenters. The topological polar surface area (TPSA) is 35.2 Å². The highest BCUT2D eigenvalue weighted by atomic mass is 19.1. The van der Waals surface area contributed by atoms with E-state index < -0.39 is 0 Å². The van der Waals surface area contributed by atoms with E-state index >= 15 is 0 Å². The van der Waals surface area contributed by atoms with Gasteiger partial charge in [-0.15, -0.1) is 0 Å². The Bertz CT molecular complexity index is 348. The number of hydrogen-bond acceptors (Lipinski definition) is 2. The van der Waals surface area contributed by atoms with Crippen molar-refractivity contribution in [2.45, 2.75) is 39.7 Å². The summed E-state index contributed by atoms with van der Waals surface area (Å²) in [6.07, 6.45) is 2.14. The lowest BCUT2D eigenvalue weighted by Gasteiger charge is -2.17. The largest absolute Gasteiger partial charge is 0.493 e. The molecule has 17 heavy (non-hydrogen) atoms. The highest BCUT2D eigenvalue weighted by molar-refractivity contribution is 5.36. The van der Waals surface area contributed by atoms with Crippen LogP contribution >= 0.6 is 0 Å². The molecule has 0 radical (unpaired) electrons. The van der Waals surface area contributed by atoms with Crippen molar-refractivity contribution in [3.63, 3.8) is 0 Å². The average Bonchev–Trinajstić information content (AvgIpc) is 2.30. The van der Waals surface area contributed by atoms with Crippen molar-refractivity contribution in [2.75, 3.05) is 6.61 Å². The average molecular weight is 239 g/mol. The van der Waals surface area contributed by atoms with Crippen LogP contribution in [0.3, 0.4) is 0 Å². The van der Waals surface area contributed by atoms with Crippen LogP contribution in [0.5, 0.6) is 5.75 Å². The SMILES string of the molecule is CCC(CC)COc1cc(F)ccc1[C@@H](C)N. The summed E-state index contributed by atoms with van der Waals surface area (Å²) < 4.78 is 18.9. The Balaban J connectivity index is 2.78. The third-order valence-electron chi connectivity index (χ3n) is 3.10. The maximum absolute atomic E-state index is 13.2. The molecule has 0 amide bonds. The van der Waals surface area contributed by atoms with E-state index in [0.717, 1.165) is 18.4 Å². The standard InChI is InChI=1S/C14H22FNO/c1-4-11(5-2)9-17-14-8-12(15)6-7-13(14)10(3)16/h6-8,10-11H,4-5,9,16H2,1-3H3/t10-/m1/s1. The van der Waals surface area contributed by atoms with Crippen LogP contribution in [0.4, 0.5) is 4.39 Å². The lowest BCUT2D eigenvalue weighted by Crippen LogP contribution is -2.13. The monoisotopic (exact) mass is 239 g/mol. The molecule has 2 nitrogen and oxygen atoms in total. The number of halogens is 1. The van der Waals surface area contributed by atoms with Crippen LogP contribution in [0.15, 0.2) is 18.2 Å². The Morgan fingerprint density at radius 1 is 1.29 bits per heavy atom. The first-order chi connectivity index (χ1) is 8.08. The van der Waals surface area contributed by atoms with Crippen LogP contribution in [0.2, 0.25) is 0 Å². The van der Waals surface area contributed by atoms with E-state index in [1.54, 1.807) is 6.07 Å². The minimum Gasteiger partial charge on any atom is -0.493 e. The summed E-state index contributed by atoms with van der Waals surface area (Å²) in [5, 5.41) is 0. The van der Waals surface area contributed by atoms with E-state index in [9.17, 15) is 4.39 Å². The zero-order valence-corrected chi connectivity index (χ0v) is 10.9. The molecule has 0 saturated carbocycles. The Hall–Kier alpha value is -1.09. The lowest BCUT2D eigenvalue weighted by atomic mass is 10.0. The van der Waals surface area contributed by atoms with Crippen LogP contribution in [0.1, 0.15) is 45.2 Å². The summed E-state index contributed by atoms with van der Waals surface area (Å²) in [7, 11) is 0. The summed E-state index contributed by atoms with van der Waals surface area (Å²) in [5.41, 5.74) is 6.69. The molecule has 1 aromatic carbocycles. The molecule has 0 aliphatic rings. The van der Waals surface area contributed by atoms with Crippen molar-refractivity contribution < 1.29 is 9.13 Å². The lowest BCUT2D eigenvalue weighted by molar-refractivity contribution is 0.237. The van der Waals surface area contributed by atoms with Gasteiger partial charge in [0.2, 0.25) is 0 Å². The molecule has 0 spiro atoms. The van der Waals surface area contributed by atoms with Gasteiger partial charge < -0.3 is 10.5 Å². The zero-order valence-electron chi connectivity index (χ0n) is 10.9. The fourth-order valence-corrected chi connectivity index (χ4v) is 1.74. The number of ether oxygens (including phenoxy) is 1. The minimum atomic E-state index is -0.283. The molecule has 96 valence electrons. The molecule has 0 fully saturated rings. The molecule has 0 heterocycles. The second-order valence-electron chi connectivity index (χ2n) is 4.46. The number of nitrogens with two attached hydrogens (primary N) is 1. The van der Waals surface area contributed by atoms with Crippen LogP contribution in [0.25, 0.3) is 0 Å². The van der Waals surface area contributed by atoms with E-state index in [0.29, 0.717) is 18.3 Å². The fraction of sp³-hybridized carbons (Fsp3) is 0.571. The number of rotatable bonds is 6.